The lowest BCUT2D eigenvalue weighted by molar-refractivity contribution is 1.46. The third kappa shape index (κ3) is 3.26. The van der Waals surface area contributed by atoms with Crippen molar-refractivity contribution in [1.29, 1.82) is 0 Å². The standard InChI is InChI=1S/C20H17N/c1-16-11-13-17(14-12-16)20-10-6-5-7-18(20)15-21-19-8-3-2-4-9-19/h2-15H,1H3. The van der Waals surface area contributed by atoms with Gasteiger partial charge in [0.1, 0.15) is 0 Å². The Morgan fingerprint density at radius 1 is 0.714 bits per heavy atom. The molecule has 0 N–H and O–H groups in total. The van der Waals surface area contributed by atoms with Gasteiger partial charge in [0.05, 0.1) is 5.69 Å². The summed E-state index contributed by atoms with van der Waals surface area (Å²) in [5.74, 6) is 0. The molecule has 0 radical (unpaired) electrons. The molecule has 1 heteroatoms. The first kappa shape index (κ1) is 13.3. The molecule has 0 aliphatic carbocycles. The number of hydrogen-bond donors (Lipinski definition) is 0. The summed E-state index contributed by atoms with van der Waals surface area (Å²) < 4.78 is 0. The van der Waals surface area contributed by atoms with Gasteiger partial charge < -0.3 is 0 Å². The molecule has 0 bridgehead atoms. The average molecular weight is 271 g/mol. The Labute approximate surface area is 125 Å². The molecule has 0 aromatic heterocycles. The number of nitrogens with zero attached hydrogens (tertiary/aromatic N) is 1. The lowest BCUT2D eigenvalue weighted by atomic mass is 9.99. The first-order valence-corrected chi connectivity index (χ1v) is 7.08. The van der Waals surface area contributed by atoms with Crippen LogP contribution in [0, 0.1) is 6.92 Å². The quantitative estimate of drug-likeness (QED) is 0.564. The van der Waals surface area contributed by atoms with Crippen LogP contribution in [0.3, 0.4) is 0 Å². The van der Waals surface area contributed by atoms with Crippen molar-refractivity contribution in [3.05, 3.63) is 90.0 Å². The van der Waals surface area contributed by atoms with Crippen LogP contribution in [0.15, 0.2) is 83.9 Å². The van der Waals surface area contributed by atoms with E-state index in [4.69, 9.17) is 0 Å². The van der Waals surface area contributed by atoms with Gasteiger partial charge in [-0.25, -0.2) is 0 Å². The largest absolute Gasteiger partial charge is 0.256 e. The molecular weight excluding hydrogens is 254 g/mol. The Morgan fingerprint density at radius 3 is 2.14 bits per heavy atom. The summed E-state index contributed by atoms with van der Waals surface area (Å²) in [5, 5.41) is 0. The van der Waals surface area contributed by atoms with Crippen LogP contribution in [0.25, 0.3) is 11.1 Å². The topological polar surface area (TPSA) is 12.4 Å². The van der Waals surface area contributed by atoms with Crippen LogP contribution in [-0.2, 0) is 0 Å². The molecule has 0 aliphatic rings. The Kier molecular flexibility index (Phi) is 3.92. The molecule has 0 aliphatic heterocycles. The molecule has 3 aromatic rings. The molecule has 1 nitrogen and oxygen atoms in total. The fourth-order valence-corrected chi connectivity index (χ4v) is 2.26. The molecule has 0 heterocycles. The number of benzene rings is 3. The SMILES string of the molecule is Cc1ccc(-c2ccccc2C=Nc2ccccc2)cc1. The maximum absolute atomic E-state index is 4.56. The smallest absolute Gasteiger partial charge is 0.0629 e. The van der Waals surface area contributed by atoms with Crippen LogP contribution in [0.2, 0.25) is 0 Å². The van der Waals surface area contributed by atoms with Gasteiger partial charge in [0.2, 0.25) is 0 Å². The zero-order valence-electron chi connectivity index (χ0n) is 12.0. The summed E-state index contributed by atoms with van der Waals surface area (Å²) >= 11 is 0. The van der Waals surface area contributed by atoms with E-state index in [-0.39, 0.29) is 0 Å². The predicted octanol–water partition coefficient (Wildman–Crippen LogP) is 5.41. The minimum Gasteiger partial charge on any atom is -0.256 e. The van der Waals surface area contributed by atoms with Crippen molar-refractivity contribution in [3.8, 4) is 11.1 Å². The van der Waals surface area contributed by atoms with E-state index in [0.717, 1.165) is 11.3 Å². The van der Waals surface area contributed by atoms with Crippen LogP contribution >= 0.6 is 0 Å². The zero-order valence-corrected chi connectivity index (χ0v) is 12.0. The van der Waals surface area contributed by atoms with Gasteiger partial charge in [0, 0.05) is 11.8 Å². The first-order valence-electron chi connectivity index (χ1n) is 7.08. The third-order valence-corrected chi connectivity index (χ3v) is 3.43. The van der Waals surface area contributed by atoms with Crippen LogP contribution in [-0.4, -0.2) is 6.21 Å². The molecule has 3 aromatic carbocycles. The van der Waals surface area contributed by atoms with Gasteiger partial charge in [-0.15, -0.1) is 0 Å². The summed E-state index contributed by atoms with van der Waals surface area (Å²) in [7, 11) is 0. The highest BCUT2D eigenvalue weighted by atomic mass is 14.7. The number of aliphatic imine (C=N–C) groups is 1. The van der Waals surface area contributed by atoms with Crippen molar-refractivity contribution in [2.75, 3.05) is 0 Å². The van der Waals surface area contributed by atoms with Crippen molar-refractivity contribution in [2.45, 2.75) is 6.92 Å². The van der Waals surface area contributed by atoms with Gasteiger partial charge in [-0.3, -0.25) is 4.99 Å². The highest BCUT2D eigenvalue weighted by Gasteiger charge is 2.02. The van der Waals surface area contributed by atoms with Crippen LogP contribution in [0.4, 0.5) is 5.69 Å². The van der Waals surface area contributed by atoms with Gasteiger partial charge >= 0.3 is 0 Å². The van der Waals surface area contributed by atoms with Gasteiger partial charge in [-0.05, 0) is 30.2 Å². The lowest BCUT2D eigenvalue weighted by Crippen LogP contribution is -1.87. The zero-order chi connectivity index (χ0) is 14.5. The Bertz CT molecular complexity index is 740. The summed E-state index contributed by atoms with van der Waals surface area (Å²) in [6, 6.07) is 26.9. The minimum absolute atomic E-state index is 0.969. The molecule has 0 unspecified atom stereocenters. The average Bonchev–Trinajstić information content (AvgIpc) is 2.55. The molecule has 0 saturated heterocycles. The van der Waals surface area contributed by atoms with Crippen molar-refractivity contribution < 1.29 is 0 Å². The second-order valence-electron chi connectivity index (χ2n) is 5.05. The second kappa shape index (κ2) is 6.19. The van der Waals surface area contributed by atoms with Crippen LogP contribution in [0.5, 0.6) is 0 Å². The van der Waals surface area contributed by atoms with E-state index in [0.29, 0.717) is 0 Å². The van der Waals surface area contributed by atoms with E-state index in [1.54, 1.807) is 0 Å². The Hall–Kier alpha value is -2.67. The number of hydrogen-bond acceptors (Lipinski definition) is 1. The molecule has 21 heavy (non-hydrogen) atoms. The fourth-order valence-electron chi connectivity index (χ4n) is 2.26. The number of para-hydroxylation sites is 1. The Balaban J connectivity index is 1.96. The minimum atomic E-state index is 0.969. The summed E-state index contributed by atoms with van der Waals surface area (Å²) in [5.41, 5.74) is 5.79. The predicted molar refractivity (Wildman–Crippen MR) is 90.3 cm³/mol. The highest BCUT2D eigenvalue weighted by molar-refractivity contribution is 5.91. The third-order valence-electron chi connectivity index (χ3n) is 3.43. The molecular formula is C20H17N. The molecule has 0 fully saturated rings. The lowest BCUT2D eigenvalue weighted by Gasteiger charge is -2.06. The highest BCUT2D eigenvalue weighted by Crippen LogP contribution is 2.23. The summed E-state index contributed by atoms with van der Waals surface area (Å²) in [6.45, 7) is 2.10. The number of aryl methyl sites for hydroxylation is 1. The number of rotatable bonds is 3. The molecule has 3 rings (SSSR count). The fraction of sp³-hybridized carbons (Fsp3) is 0.0500. The van der Waals surface area contributed by atoms with Crippen molar-refractivity contribution in [3.63, 3.8) is 0 Å². The maximum atomic E-state index is 4.56. The van der Waals surface area contributed by atoms with E-state index in [2.05, 4.69) is 54.4 Å². The summed E-state index contributed by atoms with van der Waals surface area (Å²) in [4.78, 5) is 4.56. The first-order chi connectivity index (χ1) is 10.3. The van der Waals surface area contributed by atoms with Gasteiger partial charge in [0.15, 0.2) is 0 Å². The van der Waals surface area contributed by atoms with E-state index in [1.165, 1.54) is 16.7 Å². The van der Waals surface area contributed by atoms with E-state index < -0.39 is 0 Å². The molecule has 0 saturated carbocycles. The monoisotopic (exact) mass is 271 g/mol. The van der Waals surface area contributed by atoms with Crippen molar-refractivity contribution in [1.82, 2.24) is 0 Å². The van der Waals surface area contributed by atoms with E-state index in [9.17, 15) is 0 Å². The van der Waals surface area contributed by atoms with Gasteiger partial charge in [0.25, 0.3) is 0 Å². The molecule has 0 atom stereocenters. The van der Waals surface area contributed by atoms with Gasteiger partial charge in [-0.1, -0.05) is 72.3 Å². The van der Waals surface area contributed by atoms with Crippen LogP contribution in [0.1, 0.15) is 11.1 Å². The molecule has 0 amide bonds. The van der Waals surface area contributed by atoms with Gasteiger partial charge in [-0.2, -0.15) is 0 Å². The molecule has 102 valence electrons. The normalized spacial score (nSPS) is 10.9. The molecule has 0 spiro atoms. The van der Waals surface area contributed by atoms with Crippen LogP contribution < -0.4 is 0 Å². The van der Waals surface area contributed by atoms with Crippen molar-refractivity contribution in [2.24, 2.45) is 4.99 Å². The summed E-state index contributed by atoms with van der Waals surface area (Å²) in [6.07, 6.45) is 1.94. The maximum Gasteiger partial charge on any atom is 0.0629 e. The second-order valence-corrected chi connectivity index (χ2v) is 5.05. The van der Waals surface area contributed by atoms with Crippen molar-refractivity contribution >= 4 is 11.9 Å². The van der Waals surface area contributed by atoms with E-state index in [1.807, 2.05) is 42.6 Å². The Morgan fingerprint density at radius 2 is 1.38 bits per heavy atom. The van der Waals surface area contributed by atoms with E-state index >= 15 is 0 Å².